The lowest BCUT2D eigenvalue weighted by Crippen LogP contribution is -2.46. The quantitative estimate of drug-likeness (QED) is 0.529. The molecule has 4 heteroatoms. The Morgan fingerprint density at radius 1 is 1.39 bits per heavy atom. The standard InChI is InChI=1S/C14H21NO3/c1-3-10-5-4-6-13(16)15-11(9-10)7-8-12(15)14(17)18-2/h3,11-12H,4-9H2,1-2H3/b10-3+/t11-,12+/m1/s1. The van der Waals surface area contributed by atoms with Crippen molar-refractivity contribution in [3.05, 3.63) is 11.6 Å². The second-order valence-electron chi connectivity index (χ2n) is 5.08. The van der Waals surface area contributed by atoms with Crippen LogP contribution in [0.15, 0.2) is 11.6 Å². The Balaban J connectivity index is 2.19. The van der Waals surface area contributed by atoms with E-state index in [4.69, 9.17) is 4.74 Å². The van der Waals surface area contributed by atoms with Crippen LogP contribution in [0, 0.1) is 0 Å². The summed E-state index contributed by atoms with van der Waals surface area (Å²) in [6.07, 6.45) is 7.14. The molecule has 2 saturated heterocycles. The molecule has 0 spiro atoms. The fourth-order valence-corrected chi connectivity index (χ4v) is 3.09. The summed E-state index contributed by atoms with van der Waals surface area (Å²) in [6.45, 7) is 2.05. The highest BCUT2D eigenvalue weighted by atomic mass is 16.5. The molecule has 18 heavy (non-hydrogen) atoms. The molecule has 0 aromatic rings. The van der Waals surface area contributed by atoms with Crippen molar-refractivity contribution in [2.24, 2.45) is 0 Å². The van der Waals surface area contributed by atoms with Gasteiger partial charge in [0.2, 0.25) is 5.91 Å². The van der Waals surface area contributed by atoms with Gasteiger partial charge in [-0.05, 0) is 39.0 Å². The number of hydrogen-bond acceptors (Lipinski definition) is 3. The van der Waals surface area contributed by atoms with Crippen molar-refractivity contribution in [3.63, 3.8) is 0 Å². The summed E-state index contributed by atoms with van der Waals surface area (Å²) in [5.74, 6) is -0.156. The predicted molar refractivity (Wildman–Crippen MR) is 67.9 cm³/mol. The third kappa shape index (κ3) is 2.42. The highest BCUT2D eigenvalue weighted by molar-refractivity contribution is 5.85. The van der Waals surface area contributed by atoms with Gasteiger partial charge in [0.25, 0.3) is 0 Å². The van der Waals surface area contributed by atoms with Crippen LogP contribution in [-0.4, -0.2) is 36.0 Å². The maximum atomic E-state index is 12.2. The number of rotatable bonds is 1. The Bertz CT molecular complexity index is 375. The smallest absolute Gasteiger partial charge is 0.328 e. The zero-order valence-corrected chi connectivity index (χ0v) is 11.1. The van der Waals surface area contributed by atoms with E-state index in [9.17, 15) is 9.59 Å². The Labute approximate surface area is 108 Å². The molecule has 0 radical (unpaired) electrons. The summed E-state index contributed by atoms with van der Waals surface area (Å²) in [7, 11) is 1.39. The van der Waals surface area contributed by atoms with Crippen molar-refractivity contribution in [2.45, 2.75) is 57.5 Å². The van der Waals surface area contributed by atoms with Gasteiger partial charge < -0.3 is 9.64 Å². The number of methoxy groups -OCH3 is 1. The van der Waals surface area contributed by atoms with Crippen LogP contribution in [0.1, 0.15) is 45.4 Å². The first kappa shape index (κ1) is 13.1. The van der Waals surface area contributed by atoms with Crippen LogP contribution in [0.2, 0.25) is 0 Å². The van der Waals surface area contributed by atoms with Gasteiger partial charge >= 0.3 is 5.97 Å². The van der Waals surface area contributed by atoms with Crippen molar-refractivity contribution in [3.8, 4) is 0 Å². The SMILES string of the molecule is C/C=C1\CCCC(=O)N2[C@H](CC[C@H]2C(=O)OC)C1. The average Bonchev–Trinajstić information content (AvgIpc) is 2.77. The van der Waals surface area contributed by atoms with Crippen molar-refractivity contribution in [1.82, 2.24) is 4.90 Å². The minimum Gasteiger partial charge on any atom is -0.467 e. The molecule has 2 heterocycles. The van der Waals surface area contributed by atoms with Gasteiger partial charge in [0, 0.05) is 12.5 Å². The minimum atomic E-state index is -0.358. The number of hydrogen-bond donors (Lipinski definition) is 0. The maximum Gasteiger partial charge on any atom is 0.328 e. The summed E-state index contributed by atoms with van der Waals surface area (Å²) >= 11 is 0. The van der Waals surface area contributed by atoms with E-state index in [0.29, 0.717) is 6.42 Å². The molecule has 0 saturated carbocycles. The second-order valence-corrected chi connectivity index (χ2v) is 5.08. The molecule has 2 aliphatic heterocycles. The topological polar surface area (TPSA) is 46.6 Å². The van der Waals surface area contributed by atoms with E-state index < -0.39 is 0 Å². The molecule has 0 N–H and O–H groups in total. The molecule has 2 aliphatic rings. The zero-order valence-electron chi connectivity index (χ0n) is 11.1. The highest BCUT2D eigenvalue weighted by Crippen LogP contribution is 2.33. The molecule has 0 aliphatic carbocycles. The molecule has 2 fully saturated rings. The highest BCUT2D eigenvalue weighted by Gasteiger charge is 2.41. The van der Waals surface area contributed by atoms with Gasteiger partial charge in [-0.3, -0.25) is 4.79 Å². The minimum absolute atomic E-state index is 0.114. The van der Waals surface area contributed by atoms with Crippen molar-refractivity contribution in [2.75, 3.05) is 7.11 Å². The summed E-state index contributed by atoms with van der Waals surface area (Å²) in [6, 6.07) is -0.170. The molecule has 100 valence electrons. The third-order valence-corrected chi connectivity index (χ3v) is 4.06. The van der Waals surface area contributed by atoms with E-state index in [0.717, 1.165) is 32.1 Å². The molecule has 0 unspecified atom stereocenters. The van der Waals surface area contributed by atoms with Crippen molar-refractivity contribution < 1.29 is 14.3 Å². The van der Waals surface area contributed by atoms with Crippen LogP contribution in [0.25, 0.3) is 0 Å². The van der Waals surface area contributed by atoms with Crippen molar-refractivity contribution >= 4 is 11.9 Å². The fraction of sp³-hybridized carbons (Fsp3) is 0.714. The summed E-state index contributed by atoms with van der Waals surface area (Å²) in [4.78, 5) is 25.7. The van der Waals surface area contributed by atoms with E-state index in [-0.39, 0.29) is 24.0 Å². The number of ether oxygens (including phenoxy) is 1. The first-order valence-electron chi connectivity index (χ1n) is 6.70. The first-order chi connectivity index (χ1) is 8.67. The van der Waals surface area contributed by atoms with Crippen LogP contribution in [0.4, 0.5) is 0 Å². The van der Waals surface area contributed by atoms with Gasteiger partial charge in [-0.25, -0.2) is 4.79 Å². The number of carbonyl (C=O) groups is 2. The molecule has 0 bridgehead atoms. The van der Waals surface area contributed by atoms with Crippen LogP contribution >= 0.6 is 0 Å². The number of allylic oxidation sites excluding steroid dienone is 1. The van der Waals surface area contributed by atoms with E-state index in [2.05, 4.69) is 13.0 Å². The molecular weight excluding hydrogens is 230 g/mol. The second kappa shape index (κ2) is 5.55. The van der Waals surface area contributed by atoms with Gasteiger partial charge in [-0.15, -0.1) is 0 Å². The van der Waals surface area contributed by atoms with Gasteiger partial charge in [-0.1, -0.05) is 11.6 Å². The lowest BCUT2D eigenvalue weighted by atomic mass is 9.96. The average molecular weight is 251 g/mol. The maximum absolute atomic E-state index is 12.2. The molecule has 2 rings (SSSR count). The monoisotopic (exact) mass is 251 g/mol. The van der Waals surface area contributed by atoms with Gasteiger partial charge in [-0.2, -0.15) is 0 Å². The molecular formula is C14H21NO3. The number of fused-ring (bicyclic) bond motifs is 1. The van der Waals surface area contributed by atoms with Gasteiger partial charge in [0.05, 0.1) is 7.11 Å². The van der Waals surface area contributed by atoms with Crippen LogP contribution < -0.4 is 0 Å². The Hall–Kier alpha value is -1.32. The number of carbonyl (C=O) groups excluding carboxylic acids is 2. The van der Waals surface area contributed by atoms with Crippen LogP contribution in [0.3, 0.4) is 0 Å². The lowest BCUT2D eigenvalue weighted by Gasteiger charge is -2.31. The summed E-state index contributed by atoms with van der Waals surface area (Å²) in [5.41, 5.74) is 1.41. The zero-order chi connectivity index (χ0) is 13.1. The first-order valence-corrected chi connectivity index (χ1v) is 6.70. The van der Waals surface area contributed by atoms with Gasteiger partial charge in [0.1, 0.15) is 6.04 Å². The molecule has 2 atom stereocenters. The van der Waals surface area contributed by atoms with Crippen molar-refractivity contribution in [1.29, 1.82) is 0 Å². The lowest BCUT2D eigenvalue weighted by molar-refractivity contribution is -0.152. The normalized spacial score (nSPS) is 30.9. The molecule has 0 aromatic heterocycles. The predicted octanol–water partition coefficient (Wildman–Crippen LogP) is 2.04. The summed E-state index contributed by atoms with van der Waals surface area (Å²) < 4.78 is 4.81. The number of amides is 1. The van der Waals surface area contributed by atoms with Crippen LogP contribution in [0.5, 0.6) is 0 Å². The van der Waals surface area contributed by atoms with E-state index in [1.165, 1.54) is 12.7 Å². The number of nitrogens with zero attached hydrogens (tertiary/aromatic N) is 1. The van der Waals surface area contributed by atoms with Gasteiger partial charge in [0.15, 0.2) is 0 Å². The fourth-order valence-electron chi connectivity index (χ4n) is 3.09. The van der Waals surface area contributed by atoms with E-state index in [1.807, 2.05) is 0 Å². The Morgan fingerprint density at radius 2 is 2.17 bits per heavy atom. The third-order valence-electron chi connectivity index (χ3n) is 4.06. The Morgan fingerprint density at radius 3 is 2.83 bits per heavy atom. The van der Waals surface area contributed by atoms with E-state index >= 15 is 0 Å². The largest absolute Gasteiger partial charge is 0.467 e. The molecule has 0 aromatic carbocycles. The molecule has 1 amide bonds. The molecule has 4 nitrogen and oxygen atoms in total. The Kier molecular flexibility index (Phi) is 4.04. The van der Waals surface area contributed by atoms with Crippen LogP contribution in [-0.2, 0) is 14.3 Å². The number of esters is 1. The summed E-state index contributed by atoms with van der Waals surface area (Å²) in [5, 5.41) is 0. The van der Waals surface area contributed by atoms with E-state index in [1.54, 1.807) is 4.90 Å².